The molecule has 142 valence electrons. The van der Waals surface area contributed by atoms with E-state index in [4.69, 9.17) is 4.84 Å². The van der Waals surface area contributed by atoms with Gasteiger partial charge in [-0.1, -0.05) is 54.6 Å². The lowest BCUT2D eigenvalue weighted by atomic mass is 10.1. The summed E-state index contributed by atoms with van der Waals surface area (Å²) < 4.78 is 0. The summed E-state index contributed by atoms with van der Waals surface area (Å²) in [5.41, 5.74) is -0.0756. The van der Waals surface area contributed by atoms with E-state index in [0.717, 1.165) is 15.5 Å². The minimum atomic E-state index is -1.40. The van der Waals surface area contributed by atoms with Gasteiger partial charge < -0.3 is 5.11 Å². The Kier molecular flexibility index (Phi) is 4.44. The molecule has 0 saturated heterocycles. The van der Waals surface area contributed by atoms with E-state index in [0.29, 0.717) is 11.1 Å². The molecule has 1 aliphatic carbocycles. The number of carboxylic acid groups (broad SMARTS) is 1. The Morgan fingerprint density at radius 3 is 2.04 bits per heavy atom. The standard InChI is InChI=1S/C21H18N2O5/c24-18-16-10-4-5-11-17(16)19(25)23(18)21(12-6-7-13-21)28-22(20(26)27)14-15-8-2-1-3-9-15/h1-11H,12-14H2,(H,26,27). The zero-order chi connectivity index (χ0) is 19.7. The van der Waals surface area contributed by atoms with Gasteiger partial charge in [0.1, 0.15) is 0 Å². The van der Waals surface area contributed by atoms with Gasteiger partial charge in [-0.05, 0) is 17.7 Å². The SMILES string of the molecule is O=C(O)N(Cc1ccccc1)OC1(N2C(=O)c3ccccc3C2=O)CC=CC1. The van der Waals surface area contributed by atoms with E-state index in [9.17, 15) is 19.5 Å². The maximum Gasteiger partial charge on any atom is 0.431 e. The molecule has 0 spiro atoms. The van der Waals surface area contributed by atoms with Crippen molar-refractivity contribution in [3.63, 3.8) is 0 Å². The van der Waals surface area contributed by atoms with Gasteiger partial charge in [-0.15, -0.1) is 0 Å². The van der Waals surface area contributed by atoms with Crippen molar-refractivity contribution in [1.82, 2.24) is 9.96 Å². The Bertz CT molecular complexity index is 927. The Labute approximate surface area is 161 Å². The maximum absolute atomic E-state index is 12.9. The Morgan fingerprint density at radius 2 is 1.50 bits per heavy atom. The molecule has 0 atom stereocenters. The van der Waals surface area contributed by atoms with Gasteiger partial charge in [0, 0.05) is 12.8 Å². The normalized spacial score (nSPS) is 17.1. The van der Waals surface area contributed by atoms with Crippen molar-refractivity contribution in [2.24, 2.45) is 0 Å². The van der Waals surface area contributed by atoms with Crippen LogP contribution in [0.5, 0.6) is 0 Å². The third-order valence-electron chi connectivity index (χ3n) is 4.90. The van der Waals surface area contributed by atoms with Crippen LogP contribution in [0, 0.1) is 0 Å². The number of imide groups is 1. The number of amides is 3. The van der Waals surface area contributed by atoms with Crippen molar-refractivity contribution in [1.29, 1.82) is 0 Å². The summed E-state index contributed by atoms with van der Waals surface area (Å²) >= 11 is 0. The second-order valence-electron chi connectivity index (χ2n) is 6.71. The first-order chi connectivity index (χ1) is 13.5. The van der Waals surface area contributed by atoms with Crippen molar-refractivity contribution < 1.29 is 24.3 Å². The molecule has 3 amide bonds. The van der Waals surface area contributed by atoms with Gasteiger partial charge in [0.05, 0.1) is 17.7 Å². The molecule has 0 saturated carbocycles. The molecular formula is C21H18N2O5. The highest BCUT2D eigenvalue weighted by Gasteiger charge is 2.52. The lowest BCUT2D eigenvalue weighted by Crippen LogP contribution is -2.55. The molecule has 7 heteroatoms. The number of carbonyl (C=O) groups excluding carboxylic acids is 2. The smallest absolute Gasteiger partial charge is 0.431 e. The van der Waals surface area contributed by atoms with E-state index in [2.05, 4.69) is 0 Å². The maximum atomic E-state index is 12.9. The summed E-state index contributed by atoms with van der Waals surface area (Å²) in [6.07, 6.45) is 2.71. The van der Waals surface area contributed by atoms with E-state index >= 15 is 0 Å². The molecule has 2 aliphatic rings. The summed E-state index contributed by atoms with van der Waals surface area (Å²) in [5, 5.41) is 10.4. The Balaban J connectivity index is 1.66. The highest BCUT2D eigenvalue weighted by Crippen LogP contribution is 2.39. The topological polar surface area (TPSA) is 87.2 Å². The van der Waals surface area contributed by atoms with Crippen LogP contribution < -0.4 is 0 Å². The van der Waals surface area contributed by atoms with Crippen molar-refractivity contribution in [3.8, 4) is 0 Å². The number of fused-ring (bicyclic) bond motifs is 1. The molecular weight excluding hydrogens is 360 g/mol. The molecule has 0 bridgehead atoms. The highest BCUT2D eigenvalue weighted by molar-refractivity contribution is 6.21. The van der Waals surface area contributed by atoms with Crippen molar-refractivity contribution in [2.75, 3.05) is 0 Å². The zero-order valence-corrected chi connectivity index (χ0v) is 14.9. The molecule has 1 aliphatic heterocycles. The Hall–Kier alpha value is -3.45. The first-order valence-corrected chi connectivity index (χ1v) is 8.88. The van der Waals surface area contributed by atoms with Gasteiger partial charge >= 0.3 is 6.09 Å². The number of rotatable bonds is 5. The van der Waals surface area contributed by atoms with E-state index in [1.54, 1.807) is 60.7 Å². The summed E-state index contributed by atoms with van der Waals surface area (Å²) in [4.78, 5) is 44.6. The van der Waals surface area contributed by atoms with Crippen LogP contribution in [0.4, 0.5) is 4.79 Å². The van der Waals surface area contributed by atoms with E-state index in [-0.39, 0.29) is 19.4 Å². The van der Waals surface area contributed by atoms with Crippen LogP contribution in [0.1, 0.15) is 39.1 Å². The van der Waals surface area contributed by atoms with Crippen LogP contribution in [0.3, 0.4) is 0 Å². The molecule has 4 rings (SSSR count). The Morgan fingerprint density at radius 1 is 0.964 bits per heavy atom. The van der Waals surface area contributed by atoms with Gasteiger partial charge in [0.2, 0.25) is 0 Å². The lowest BCUT2D eigenvalue weighted by Gasteiger charge is -2.39. The molecule has 1 heterocycles. The number of carbonyl (C=O) groups is 3. The molecule has 28 heavy (non-hydrogen) atoms. The van der Waals surface area contributed by atoms with Gasteiger partial charge in [-0.2, -0.15) is 5.06 Å². The van der Waals surface area contributed by atoms with Crippen molar-refractivity contribution in [2.45, 2.75) is 25.1 Å². The predicted octanol–water partition coefficient (Wildman–Crippen LogP) is 3.44. The molecule has 0 fully saturated rings. The molecule has 0 radical (unpaired) electrons. The molecule has 7 nitrogen and oxygen atoms in total. The highest BCUT2D eigenvalue weighted by atomic mass is 16.7. The summed E-state index contributed by atoms with van der Waals surface area (Å²) in [7, 11) is 0. The van der Waals surface area contributed by atoms with Gasteiger partial charge in [-0.3, -0.25) is 9.59 Å². The summed E-state index contributed by atoms with van der Waals surface area (Å²) in [5.74, 6) is -0.955. The minimum absolute atomic E-state index is 0.0267. The van der Waals surface area contributed by atoms with Crippen molar-refractivity contribution >= 4 is 17.9 Å². The van der Waals surface area contributed by atoms with Crippen LogP contribution in [-0.4, -0.2) is 38.7 Å². The molecule has 1 N–H and O–H groups in total. The van der Waals surface area contributed by atoms with E-state index in [1.165, 1.54) is 0 Å². The fraction of sp³-hybridized carbons (Fsp3) is 0.190. The van der Waals surface area contributed by atoms with Gasteiger partial charge in [0.25, 0.3) is 11.8 Å². The fourth-order valence-corrected chi connectivity index (χ4v) is 3.57. The number of hydrogen-bond donors (Lipinski definition) is 1. The van der Waals surface area contributed by atoms with Crippen molar-refractivity contribution in [3.05, 3.63) is 83.4 Å². The third kappa shape index (κ3) is 2.95. The number of hydrogen-bond acceptors (Lipinski definition) is 4. The molecule has 0 aromatic heterocycles. The second-order valence-corrected chi connectivity index (χ2v) is 6.71. The quantitative estimate of drug-likeness (QED) is 0.489. The van der Waals surface area contributed by atoms with Gasteiger partial charge in [0.15, 0.2) is 5.72 Å². The van der Waals surface area contributed by atoms with E-state index < -0.39 is 23.6 Å². The van der Waals surface area contributed by atoms with Gasteiger partial charge in [-0.25, -0.2) is 14.5 Å². The number of hydroxylamine groups is 2. The monoisotopic (exact) mass is 378 g/mol. The number of nitrogens with zero attached hydrogens (tertiary/aromatic N) is 2. The summed E-state index contributed by atoms with van der Waals surface area (Å²) in [6.45, 7) is -0.0267. The van der Waals surface area contributed by atoms with Crippen LogP contribution in [0.2, 0.25) is 0 Å². The van der Waals surface area contributed by atoms with Crippen LogP contribution in [-0.2, 0) is 11.4 Å². The van der Waals surface area contributed by atoms with Crippen LogP contribution in [0.15, 0.2) is 66.7 Å². The minimum Gasteiger partial charge on any atom is -0.463 e. The predicted molar refractivity (Wildman–Crippen MR) is 99.1 cm³/mol. The largest absolute Gasteiger partial charge is 0.463 e. The zero-order valence-electron chi connectivity index (χ0n) is 14.9. The average Bonchev–Trinajstić information content (AvgIpc) is 3.26. The second kappa shape index (κ2) is 6.94. The first-order valence-electron chi connectivity index (χ1n) is 8.88. The first kappa shape index (κ1) is 17.9. The number of benzene rings is 2. The molecule has 2 aromatic rings. The van der Waals surface area contributed by atoms with Crippen LogP contribution >= 0.6 is 0 Å². The fourth-order valence-electron chi connectivity index (χ4n) is 3.57. The average molecular weight is 378 g/mol. The lowest BCUT2D eigenvalue weighted by molar-refractivity contribution is -0.258. The molecule has 2 aromatic carbocycles. The third-order valence-corrected chi connectivity index (χ3v) is 4.90. The van der Waals surface area contributed by atoms with E-state index in [1.807, 2.05) is 6.07 Å². The van der Waals surface area contributed by atoms with Crippen LogP contribution in [0.25, 0.3) is 0 Å². The molecule has 0 unspecified atom stereocenters. The summed E-state index contributed by atoms with van der Waals surface area (Å²) in [6, 6.07) is 15.5.